The average molecular weight is 234 g/mol. The van der Waals surface area contributed by atoms with Gasteiger partial charge in [0.05, 0.1) is 10.7 Å². The zero-order valence-electron chi connectivity index (χ0n) is 9.56. The lowest BCUT2D eigenvalue weighted by Crippen LogP contribution is -2.11. The number of aryl methyl sites for hydroxylation is 1. The Hall–Kier alpha value is -1.33. The van der Waals surface area contributed by atoms with Gasteiger partial charge >= 0.3 is 0 Å². The smallest absolute Gasteiger partial charge is 0.115 e. The Morgan fingerprint density at radius 2 is 2.00 bits per heavy atom. The van der Waals surface area contributed by atoms with Crippen LogP contribution in [0.3, 0.4) is 0 Å². The number of hydrogen-bond donors (Lipinski definition) is 1. The van der Waals surface area contributed by atoms with E-state index in [4.69, 9.17) is 0 Å². The molecule has 1 N–H and O–H groups in total. The minimum Gasteiger partial charge on any atom is -0.312 e. The van der Waals surface area contributed by atoms with Crippen molar-refractivity contribution in [3.05, 3.63) is 28.6 Å². The summed E-state index contributed by atoms with van der Waals surface area (Å²) < 4.78 is 0. The highest BCUT2D eigenvalue weighted by Crippen LogP contribution is 2.31. The minimum atomic E-state index is 0.293. The molecule has 1 unspecified atom stereocenters. The van der Waals surface area contributed by atoms with Crippen molar-refractivity contribution in [3.63, 3.8) is 0 Å². The Morgan fingerprint density at radius 1 is 1.31 bits per heavy atom. The third-order valence-corrected chi connectivity index (χ3v) is 3.57. The van der Waals surface area contributed by atoms with Gasteiger partial charge in [-0.15, -0.1) is 11.3 Å². The summed E-state index contributed by atoms with van der Waals surface area (Å²) in [6, 6.07) is 0.293. The Labute approximate surface area is 98.8 Å². The molecule has 0 aliphatic heterocycles. The van der Waals surface area contributed by atoms with Crippen LogP contribution in [0.4, 0.5) is 0 Å². The number of hydrogen-bond acceptors (Lipinski definition) is 5. The van der Waals surface area contributed by atoms with Gasteiger partial charge in [-0.2, -0.15) is 0 Å². The summed E-state index contributed by atoms with van der Waals surface area (Å²) in [5.41, 5.74) is 1.97. The third-order valence-electron chi connectivity index (χ3n) is 2.42. The second-order valence-corrected chi connectivity index (χ2v) is 4.82. The maximum Gasteiger partial charge on any atom is 0.115 e. The van der Waals surface area contributed by atoms with Crippen LogP contribution in [-0.2, 0) is 0 Å². The van der Waals surface area contributed by atoms with Crippen LogP contribution < -0.4 is 5.32 Å². The predicted octanol–water partition coefficient (Wildman–Crippen LogP) is 2.19. The number of rotatable bonds is 3. The van der Waals surface area contributed by atoms with Crippen molar-refractivity contribution in [1.29, 1.82) is 0 Å². The Balaban J connectivity index is 2.48. The lowest BCUT2D eigenvalue weighted by atomic mass is 10.1. The first kappa shape index (κ1) is 11.2. The summed E-state index contributed by atoms with van der Waals surface area (Å²) in [7, 11) is 1.95. The van der Waals surface area contributed by atoms with Crippen LogP contribution in [0, 0.1) is 6.92 Å². The molecular weight excluding hydrogens is 220 g/mol. The highest BCUT2D eigenvalue weighted by atomic mass is 32.1. The molecule has 2 aromatic rings. The fraction of sp³-hybridized carbons (Fsp3) is 0.364. The van der Waals surface area contributed by atoms with E-state index in [9.17, 15) is 0 Å². The van der Waals surface area contributed by atoms with Gasteiger partial charge in [-0.25, -0.2) is 15.0 Å². The summed E-state index contributed by atoms with van der Waals surface area (Å²) >= 11 is 1.71. The van der Waals surface area contributed by atoms with Crippen LogP contribution in [0.1, 0.15) is 22.9 Å². The van der Waals surface area contributed by atoms with Crippen molar-refractivity contribution in [2.75, 3.05) is 7.05 Å². The molecule has 16 heavy (non-hydrogen) atoms. The lowest BCUT2D eigenvalue weighted by Gasteiger charge is -2.09. The normalized spacial score (nSPS) is 12.7. The molecule has 0 saturated heterocycles. The van der Waals surface area contributed by atoms with Crippen LogP contribution in [0.5, 0.6) is 0 Å². The highest BCUT2D eigenvalue weighted by molar-refractivity contribution is 7.12. The summed E-state index contributed by atoms with van der Waals surface area (Å²) in [4.78, 5) is 13.8. The topological polar surface area (TPSA) is 50.7 Å². The van der Waals surface area contributed by atoms with Gasteiger partial charge in [0.25, 0.3) is 0 Å². The Morgan fingerprint density at radius 3 is 2.62 bits per heavy atom. The van der Waals surface area contributed by atoms with Crippen LogP contribution in [0.2, 0.25) is 0 Å². The van der Waals surface area contributed by atoms with Gasteiger partial charge in [-0.1, -0.05) is 0 Å². The zero-order chi connectivity index (χ0) is 11.5. The van der Waals surface area contributed by atoms with Gasteiger partial charge in [-0.05, 0) is 20.9 Å². The van der Waals surface area contributed by atoms with E-state index in [1.165, 1.54) is 11.2 Å². The summed E-state index contributed by atoms with van der Waals surface area (Å²) in [6.07, 6.45) is 5.13. The monoisotopic (exact) mass is 234 g/mol. The molecule has 84 valence electrons. The van der Waals surface area contributed by atoms with Crippen LogP contribution in [0.25, 0.3) is 11.3 Å². The van der Waals surface area contributed by atoms with E-state index in [0.717, 1.165) is 16.3 Å². The zero-order valence-corrected chi connectivity index (χ0v) is 10.4. The first-order valence-electron chi connectivity index (χ1n) is 5.12. The largest absolute Gasteiger partial charge is 0.312 e. The van der Waals surface area contributed by atoms with Gasteiger partial charge in [-0.3, -0.25) is 0 Å². The number of nitrogens with one attached hydrogen (secondary N) is 1. The summed E-state index contributed by atoms with van der Waals surface area (Å²) in [6.45, 7) is 4.14. The molecule has 2 heterocycles. The van der Waals surface area contributed by atoms with Crippen molar-refractivity contribution in [2.45, 2.75) is 19.9 Å². The van der Waals surface area contributed by atoms with Gasteiger partial charge in [0.1, 0.15) is 6.33 Å². The molecule has 0 amide bonds. The van der Waals surface area contributed by atoms with E-state index >= 15 is 0 Å². The van der Waals surface area contributed by atoms with Crippen LogP contribution >= 0.6 is 11.3 Å². The molecule has 0 aliphatic carbocycles. The second-order valence-electron chi connectivity index (χ2n) is 3.58. The van der Waals surface area contributed by atoms with E-state index in [0.29, 0.717) is 6.04 Å². The van der Waals surface area contributed by atoms with Crippen molar-refractivity contribution in [2.24, 2.45) is 0 Å². The van der Waals surface area contributed by atoms with Crippen molar-refractivity contribution in [1.82, 2.24) is 20.3 Å². The molecule has 0 bridgehead atoms. The van der Waals surface area contributed by atoms with E-state index in [1.807, 2.05) is 14.0 Å². The van der Waals surface area contributed by atoms with Crippen molar-refractivity contribution >= 4 is 11.3 Å². The van der Waals surface area contributed by atoms with Gasteiger partial charge in [0, 0.05) is 28.9 Å². The number of nitrogens with zero attached hydrogens (tertiary/aromatic N) is 3. The maximum absolute atomic E-state index is 4.55. The molecule has 2 aromatic heterocycles. The highest BCUT2D eigenvalue weighted by Gasteiger charge is 2.15. The van der Waals surface area contributed by atoms with E-state index in [2.05, 4.69) is 27.2 Å². The molecule has 5 heteroatoms. The summed E-state index contributed by atoms with van der Waals surface area (Å²) in [5, 5.41) is 4.30. The average Bonchev–Trinajstić information content (AvgIpc) is 2.71. The van der Waals surface area contributed by atoms with E-state index < -0.39 is 0 Å². The van der Waals surface area contributed by atoms with E-state index in [-0.39, 0.29) is 0 Å². The van der Waals surface area contributed by atoms with Gasteiger partial charge in [0.2, 0.25) is 0 Å². The van der Waals surface area contributed by atoms with Gasteiger partial charge in [0.15, 0.2) is 0 Å². The van der Waals surface area contributed by atoms with E-state index in [1.54, 1.807) is 23.7 Å². The molecular formula is C11H14N4S. The first-order chi connectivity index (χ1) is 7.72. The summed E-state index contributed by atoms with van der Waals surface area (Å²) in [5.74, 6) is 0. The first-order valence-corrected chi connectivity index (χ1v) is 5.94. The third kappa shape index (κ3) is 2.10. The molecule has 0 fully saturated rings. The molecule has 0 aromatic carbocycles. The SMILES string of the molecule is CNC(C)c1sc(C)nc1-c1cncnc1. The van der Waals surface area contributed by atoms with Gasteiger partial charge < -0.3 is 5.32 Å². The molecule has 4 nitrogen and oxygen atoms in total. The number of aromatic nitrogens is 3. The maximum atomic E-state index is 4.55. The second kappa shape index (κ2) is 4.67. The molecule has 0 radical (unpaired) electrons. The van der Waals surface area contributed by atoms with Crippen molar-refractivity contribution in [3.8, 4) is 11.3 Å². The fourth-order valence-electron chi connectivity index (χ4n) is 1.50. The molecule has 0 saturated carbocycles. The lowest BCUT2D eigenvalue weighted by molar-refractivity contribution is 0.664. The number of thiazole rings is 1. The molecule has 0 spiro atoms. The Kier molecular flexibility index (Phi) is 3.26. The minimum absolute atomic E-state index is 0.293. The standard InChI is InChI=1S/C11H14N4S/c1-7(12-3)11-10(15-8(2)16-11)9-4-13-6-14-5-9/h4-7,12H,1-3H3. The van der Waals surface area contributed by atoms with Crippen molar-refractivity contribution < 1.29 is 0 Å². The fourth-order valence-corrected chi connectivity index (χ4v) is 2.51. The van der Waals surface area contributed by atoms with Crippen LogP contribution in [-0.4, -0.2) is 22.0 Å². The quantitative estimate of drug-likeness (QED) is 0.884. The molecule has 1 atom stereocenters. The predicted molar refractivity (Wildman–Crippen MR) is 65.4 cm³/mol. The Bertz CT molecular complexity index is 466. The molecule has 0 aliphatic rings. The van der Waals surface area contributed by atoms with Crippen LogP contribution in [0.15, 0.2) is 18.7 Å². The molecule has 2 rings (SSSR count).